The van der Waals surface area contributed by atoms with E-state index in [9.17, 15) is 14.4 Å². The summed E-state index contributed by atoms with van der Waals surface area (Å²) < 4.78 is 1.66. The Labute approximate surface area is 186 Å². The predicted molar refractivity (Wildman–Crippen MR) is 123 cm³/mol. The molecule has 1 saturated heterocycles. The lowest BCUT2D eigenvalue weighted by atomic mass is 10.2. The van der Waals surface area contributed by atoms with Crippen molar-refractivity contribution in [2.75, 3.05) is 37.6 Å². The molecule has 0 aliphatic carbocycles. The minimum Gasteiger partial charge on any atom is -0.368 e. The fourth-order valence-corrected chi connectivity index (χ4v) is 3.95. The number of benzene rings is 2. The molecule has 8 heteroatoms. The normalized spacial score (nSPS) is 13.9. The van der Waals surface area contributed by atoms with Gasteiger partial charge in [0.1, 0.15) is 0 Å². The largest absolute Gasteiger partial charge is 0.368 e. The van der Waals surface area contributed by atoms with Crippen molar-refractivity contribution in [3.63, 3.8) is 0 Å². The van der Waals surface area contributed by atoms with Gasteiger partial charge in [0.15, 0.2) is 0 Å². The van der Waals surface area contributed by atoms with E-state index >= 15 is 0 Å². The van der Waals surface area contributed by atoms with E-state index in [4.69, 9.17) is 0 Å². The second-order valence-electron chi connectivity index (χ2n) is 7.80. The summed E-state index contributed by atoms with van der Waals surface area (Å²) in [4.78, 5) is 40.8. The van der Waals surface area contributed by atoms with Gasteiger partial charge >= 0.3 is 0 Å². The summed E-state index contributed by atoms with van der Waals surface area (Å²) in [6.07, 6.45) is 1.79. The number of para-hydroxylation sites is 2. The van der Waals surface area contributed by atoms with Gasteiger partial charge in [0.05, 0.1) is 18.3 Å². The number of carbonyl (C=O) groups is 2. The molecular formula is C24H27N5O3. The quantitative estimate of drug-likeness (QED) is 0.612. The van der Waals surface area contributed by atoms with Crippen LogP contribution in [0.5, 0.6) is 0 Å². The molecule has 1 aliphatic rings. The number of aryl methyl sites for hydroxylation is 1. The Hall–Kier alpha value is -3.68. The highest BCUT2D eigenvalue weighted by molar-refractivity contribution is 5.80. The van der Waals surface area contributed by atoms with Gasteiger partial charge in [-0.1, -0.05) is 30.3 Å². The molecule has 1 N–H and O–H groups in total. The Morgan fingerprint density at radius 2 is 1.62 bits per heavy atom. The van der Waals surface area contributed by atoms with Crippen molar-refractivity contribution >= 4 is 28.4 Å². The Morgan fingerprint density at radius 3 is 2.41 bits per heavy atom. The van der Waals surface area contributed by atoms with E-state index in [0.29, 0.717) is 37.1 Å². The van der Waals surface area contributed by atoms with Crippen LogP contribution in [0.4, 0.5) is 5.69 Å². The number of piperazine rings is 1. The molecule has 0 saturated carbocycles. The molecule has 2 amide bonds. The number of amides is 2. The van der Waals surface area contributed by atoms with Crippen molar-refractivity contribution in [2.45, 2.75) is 19.4 Å². The van der Waals surface area contributed by atoms with E-state index in [1.165, 1.54) is 11.9 Å². The molecule has 2 aromatic carbocycles. The number of hydrogen-bond donors (Lipinski definition) is 1. The average molecular weight is 434 g/mol. The minimum absolute atomic E-state index is 0.0612. The van der Waals surface area contributed by atoms with Crippen molar-refractivity contribution in [1.82, 2.24) is 20.0 Å². The molecular weight excluding hydrogens is 406 g/mol. The zero-order valence-corrected chi connectivity index (χ0v) is 17.9. The van der Waals surface area contributed by atoms with E-state index < -0.39 is 0 Å². The number of rotatable bonds is 7. The van der Waals surface area contributed by atoms with Gasteiger partial charge in [-0.3, -0.25) is 19.1 Å². The number of nitrogens with one attached hydrogen (secondary N) is 1. The maximum absolute atomic E-state index is 12.5. The van der Waals surface area contributed by atoms with E-state index in [2.05, 4.69) is 27.4 Å². The molecule has 1 fully saturated rings. The van der Waals surface area contributed by atoms with Crippen molar-refractivity contribution < 1.29 is 9.59 Å². The SMILES string of the molecule is O=C(CCn1ncc(=O)c2ccccc21)NCCC(=O)N1CCN(c2ccccc2)CC1. The number of fused-ring (bicyclic) bond motifs is 1. The first kappa shape index (κ1) is 21.5. The summed E-state index contributed by atoms with van der Waals surface area (Å²) in [5, 5.41) is 7.54. The van der Waals surface area contributed by atoms with Crippen LogP contribution in [0.2, 0.25) is 0 Å². The molecule has 0 bridgehead atoms. The summed E-state index contributed by atoms with van der Waals surface area (Å²) in [5.74, 6) is -0.0811. The van der Waals surface area contributed by atoms with Gasteiger partial charge < -0.3 is 15.1 Å². The molecule has 0 atom stereocenters. The van der Waals surface area contributed by atoms with Crippen LogP contribution in [-0.2, 0) is 16.1 Å². The smallest absolute Gasteiger partial charge is 0.224 e. The first-order valence-corrected chi connectivity index (χ1v) is 10.9. The molecule has 0 unspecified atom stereocenters. The molecule has 0 radical (unpaired) electrons. The monoisotopic (exact) mass is 433 g/mol. The van der Waals surface area contributed by atoms with Crippen molar-refractivity contribution in [2.24, 2.45) is 0 Å². The fourth-order valence-electron chi connectivity index (χ4n) is 3.95. The number of nitrogens with zero attached hydrogens (tertiary/aromatic N) is 4. The van der Waals surface area contributed by atoms with Crippen LogP contribution in [-0.4, -0.2) is 59.2 Å². The standard InChI is InChI=1S/C24H27N5O3/c30-22-18-26-29(21-9-5-4-8-20(21)22)13-11-23(31)25-12-10-24(32)28-16-14-27(15-17-28)19-6-2-1-3-7-19/h1-9,18H,10-17H2,(H,25,31). The molecule has 1 aliphatic heterocycles. The summed E-state index contributed by atoms with van der Waals surface area (Å²) >= 11 is 0. The van der Waals surface area contributed by atoms with Crippen LogP contribution < -0.4 is 15.6 Å². The van der Waals surface area contributed by atoms with Crippen LogP contribution in [0.3, 0.4) is 0 Å². The number of aromatic nitrogens is 2. The molecule has 2 heterocycles. The number of hydrogen-bond acceptors (Lipinski definition) is 5. The molecule has 0 spiro atoms. The fraction of sp³-hybridized carbons (Fsp3) is 0.333. The minimum atomic E-state index is -0.142. The van der Waals surface area contributed by atoms with E-state index in [-0.39, 0.29) is 30.1 Å². The highest BCUT2D eigenvalue weighted by atomic mass is 16.2. The highest BCUT2D eigenvalue weighted by Crippen LogP contribution is 2.15. The van der Waals surface area contributed by atoms with E-state index in [0.717, 1.165) is 13.1 Å². The molecule has 4 rings (SSSR count). The molecule has 1 aromatic heterocycles. The third-order valence-electron chi connectivity index (χ3n) is 5.73. The molecule has 3 aromatic rings. The van der Waals surface area contributed by atoms with Crippen LogP contribution in [0.15, 0.2) is 65.6 Å². The molecule has 32 heavy (non-hydrogen) atoms. The first-order chi connectivity index (χ1) is 15.6. The van der Waals surface area contributed by atoms with Gasteiger partial charge in [0.25, 0.3) is 0 Å². The zero-order valence-electron chi connectivity index (χ0n) is 17.9. The van der Waals surface area contributed by atoms with Gasteiger partial charge in [0, 0.05) is 56.6 Å². The summed E-state index contributed by atoms with van der Waals surface area (Å²) in [6.45, 7) is 3.67. The third kappa shape index (κ3) is 5.14. The lowest BCUT2D eigenvalue weighted by molar-refractivity contribution is -0.131. The van der Waals surface area contributed by atoms with Gasteiger partial charge in [-0.05, 0) is 24.3 Å². The third-order valence-corrected chi connectivity index (χ3v) is 5.73. The summed E-state index contributed by atoms with van der Waals surface area (Å²) in [6, 6.07) is 17.4. The van der Waals surface area contributed by atoms with Gasteiger partial charge in [-0.15, -0.1) is 0 Å². The topological polar surface area (TPSA) is 87.5 Å². The molecule has 8 nitrogen and oxygen atoms in total. The van der Waals surface area contributed by atoms with Crippen LogP contribution in [0.1, 0.15) is 12.8 Å². The van der Waals surface area contributed by atoms with Crippen molar-refractivity contribution in [1.29, 1.82) is 0 Å². The van der Waals surface area contributed by atoms with E-state index in [1.807, 2.05) is 35.2 Å². The van der Waals surface area contributed by atoms with Crippen molar-refractivity contribution in [3.8, 4) is 0 Å². The Balaban J connectivity index is 1.19. The maximum Gasteiger partial charge on any atom is 0.224 e. The average Bonchev–Trinajstić information content (AvgIpc) is 2.84. The second kappa shape index (κ2) is 10.1. The van der Waals surface area contributed by atoms with Gasteiger partial charge in [-0.25, -0.2) is 0 Å². The molecule has 166 valence electrons. The lowest BCUT2D eigenvalue weighted by Crippen LogP contribution is -2.49. The maximum atomic E-state index is 12.5. The van der Waals surface area contributed by atoms with Crippen LogP contribution in [0.25, 0.3) is 10.9 Å². The Morgan fingerprint density at radius 1 is 0.906 bits per heavy atom. The zero-order chi connectivity index (χ0) is 22.3. The first-order valence-electron chi connectivity index (χ1n) is 10.9. The second-order valence-corrected chi connectivity index (χ2v) is 7.80. The van der Waals surface area contributed by atoms with Crippen molar-refractivity contribution in [3.05, 3.63) is 71.0 Å². The Kier molecular flexibility index (Phi) is 6.79. The predicted octanol–water partition coefficient (Wildman–Crippen LogP) is 1.64. The van der Waals surface area contributed by atoms with Crippen LogP contribution in [0, 0.1) is 0 Å². The lowest BCUT2D eigenvalue weighted by Gasteiger charge is -2.36. The van der Waals surface area contributed by atoms with Gasteiger partial charge in [-0.2, -0.15) is 5.10 Å². The van der Waals surface area contributed by atoms with E-state index in [1.54, 1.807) is 16.8 Å². The number of carbonyl (C=O) groups excluding carboxylic acids is 2. The highest BCUT2D eigenvalue weighted by Gasteiger charge is 2.21. The summed E-state index contributed by atoms with van der Waals surface area (Å²) in [5.41, 5.74) is 1.75. The summed E-state index contributed by atoms with van der Waals surface area (Å²) in [7, 11) is 0. The number of anilines is 1. The Bertz CT molecular complexity index is 1140. The van der Waals surface area contributed by atoms with Gasteiger partial charge in [0.2, 0.25) is 17.2 Å². The van der Waals surface area contributed by atoms with Crippen LogP contribution >= 0.6 is 0 Å².